The highest BCUT2D eigenvalue weighted by atomic mass is 35.5. The topological polar surface area (TPSA) is 66.4 Å². The molecule has 3 unspecified atom stereocenters. The molecule has 2 rings (SSSR count). The van der Waals surface area contributed by atoms with E-state index in [-0.39, 0.29) is 10.9 Å². The van der Waals surface area contributed by atoms with Crippen LogP contribution in [0.5, 0.6) is 0 Å². The van der Waals surface area contributed by atoms with Crippen LogP contribution in [0.3, 0.4) is 0 Å². The Balaban J connectivity index is 2.02. The second kappa shape index (κ2) is 5.79. The van der Waals surface area contributed by atoms with E-state index in [1.54, 1.807) is 6.92 Å². The van der Waals surface area contributed by atoms with Crippen molar-refractivity contribution in [2.24, 2.45) is 11.8 Å². The molecule has 0 radical (unpaired) electrons. The van der Waals surface area contributed by atoms with E-state index in [1.165, 1.54) is 18.2 Å². The van der Waals surface area contributed by atoms with Gasteiger partial charge in [-0.2, -0.15) is 0 Å². The quantitative estimate of drug-likeness (QED) is 0.898. The summed E-state index contributed by atoms with van der Waals surface area (Å²) in [7, 11) is 0. The highest BCUT2D eigenvalue weighted by molar-refractivity contribution is 6.31. The number of aliphatic carboxylic acids is 1. The van der Waals surface area contributed by atoms with Gasteiger partial charge in [0.15, 0.2) is 0 Å². The molecule has 0 aliphatic heterocycles. The average Bonchev–Trinajstić information content (AvgIpc) is 2.25. The van der Waals surface area contributed by atoms with Crippen molar-refractivity contribution in [3.05, 3.63) is 34.6 Å². The van der Waals surface area contributed by atoms with Crippen molar-refractivity contribution in [3.63, 3.8) is 0 Å². The maximum Gasteiger partial charge on any atom is 0.307 e. The van der Waals surface area contributed by atoms with Crippen LogP contribution in [0.25, 0.3) is 0 Å². The van der Waals surface area contributed by atoms with Crippen molar-refractivity contribution in [2.45, 2.75) is 25.8 Å². The molecule has 3 atom stereocenters. The number of hydrogen-bond donors (Lipinski definition) is 2. The first-order valence-electron chi connectivity index (χ1n) is 6.38. The van der Waals surface area contributed by atoms with E-state index in [9.17, 15) is 14.0 Å². The molecule has 1 aromatic carbocycles. The molecule has 1 aliphatic carbocycles. The first-order valence-corrected chi connectivity index (χ1v) is 6.76. The number of carbonyl (C=O) groups excluding carboxylic acids is 1. The summed E-state index contributed by atoms with van der Waals surface area (Å²) in [6, 6.07) is 3.57. The number of nitrogens with one attached hydrogen (secondary N) is 1. The molecule has 2 N–H and O–H groups in total. The Morgan fingerprint density at radius 2 is 2.05 bits per heavy atom. The molecule has 1 aliphatic rings. The first-order chi connectivity index (χ1) is 9.40. The van der Waals surface area contributed by atoms with Crippen LogP contribution in [0.15, 0.2) is 18.2 Å². The van der Waals surface area contributed by atoms with Crippen LogP contribution in [0.1, 0.15) is 31.4 Å². The molecule has 0 heterocycles. The predicted octanol–water partition coefficient (Wildman–Crippen LogP) is 2.77. The average molecular weight is 300 g/mol. The monoisotopic (exact) mass is 299 g/mol. The van der Waals surface area contributed by atoms with Gasteiger partial charge in [-0.25, -0.2) is 4.39 Å². The molecule has 1 fully saturated rings. The minimum Gasteiger partial charge on any atom is -0.481 e. The molecular weight excluding hydrogens is 285 g/mol. The van der Waals surface area contributed by atoms with Gasteiger partial charge < -0.3 is 10.4 Å². The third-order valence-electron chi connectivity index (χ3n) is 3.72. The van der Waals surface area contributed by atoms with Gasteiger partial charge >= 0.3 is 5.97 Å². The van der Waals surface area contributed by atoms with Gasteiger partial charge in [-0.1, -0.05) is 17.7 Å². The molecule has 20 heavy (non-hydrogen) atoms. The Bertz CT molecular complexity index is 549. The van der Waals surface area contributed by atoms with Gasteiger partial charge in [-0.3, -0.25) is 9.59 Å². The van der Waals surface area contributed by atoms with Crippen LogP contribution in [-0.2, 0) is 9.59 Å². The summed E-state index contributed by atoms with van der Waals surface area (Å²) in [5.41, 5.74) is 0.604. The van der Waals surface area contributed by atoms with Crippen LogP contribution in [0.4, 0.5) is 4.39 Å². The Hall–Kier alpha value is -1.62. The van der Waals surface area contributed by atoms with Gasteiger partial charge in [0, 0.05) is 5.02 Å². The fourth-order valence-corrected chi connectivity index (χ4v) is 2.69. The van der Waals surface area contributed by atoms with Crippen LogP contribution < -0.4 is 5.32 Å². The van der Waals surface area contributed by atoms with Gasteiger partial charge in [0.1, 0.15) is 5.82 Å². The summed E-state index contributed by atoms with van der Waals surface area (Å²) >= 11 is 5.93. The molecule has 0 bridgehead atoms. The molecule has 6 heteroatoms. The molecule has 108 valence electrons. The Labute approximate surface area is 120 Å². The second-order valence-electron chi connectivity index (χ2n) is 5.02. The minimum absolute atomic E-state index is 0.237. The zero-order valence-electron chi connectivity index (χ0n) is 10.9. The van der Waals surface area contributed by atoms with E-state index < -0.39 is 29.7 Å². The molecule has 0 spiro atoms. The van der Waals surface area contributed by atoms with Gasteiger partial charge in [0.2, 0.25) is 5.91 Å². The van der Waals surface area contributed by atoms with Crippen molar-refractivity contribution in [2.75, 3.05) is 0 Å². The first kappa shape index (κ1) is 14.8. The largest absolute Gasteiger partial charge is 0.481 e. The van der Waals surface area contributed by atoms with E-state index in [1.807, 2.05) is 0 Å². The Morgan fingerprint density at radius 1 is 1.40 bits per heavy atom. The summed E-state index contributed by atoms with van der Waals surface area (Å²) in [5, 5.41) is 11.9. The van der Waals surface area contributed by atoms with Crippen molar-refractivity contribution in [1.82, 2.24) is 5.32 Å². The fourth-order valence-electron chi connectivity index (χ4n) is 2.36. The van der Waals surface area contributed by atoms with Crippen molar-refractivity contribution in [3.8, 4) is 0 Å². The fraction of sp³-hybridized carbons (Fsp3) is 0.429. The van der Waals surface area contributed by atoms with E-state index in [2.05, 4.69) is 5.32 Å². The maximum atomic E-state index is 13.0. The predicted molar refractivity (Wildman–Crippen MR) is 71.8 cm³/mol. The van der Waals surface area contributed by atoms with Gasteiger partial charge in [-0.05, 0) is 37.5 Å². The van der Waals surface area contributed by atoms with Gasteiger partial charge in [0.05, 0.1) is 17.9 Å². The zero-order valence-corrected chi connectivity index (χ0v) is 11.7. The highest BCUT2D eigenvalue weighted by Crippen LogP contribution is 2.35. The number of carboxylic acids is 1. The number of amides is 1. The smallest absolute Gasteiger partial charge is 0.307 e. The number of halogens is 2. The third-order valence-corrected chi connectivity index (χ3v) is 4.04. The highest BCUT2D eigenvalue weighted by Gasteiger charge is 2.41. The van der Waals surface area contributed by atoms with E-state index in [0.717, 1.165) is 0 Å². The lowest BCUT2D eigenvalue weighted by Crippen LogP contribution is -2.44. The summed E-state index contributed by atoms with van der Waals surface area (Å²) in [6.45, 7) is 1.73. The van der Waals surface area contributed by atoms with Crippen LogP contribution in [0.2, 0.25) is 5.02 Å². The molecular formula is C14H15ClFNO3. The van der Waals surface area contributed by atoms with E-state index >= 15 is 0 Å². The van der Waals surface area contributed by atoms with Crippen LogP contribution in [-0.4, -0.2) is 17.0 Å². The zero-order chi connectivity index (χ0) is 14.9. The molecule has 0 saturated heterocycles. The van der Waals surface area contributed by atoms with E-state index in [0.29, 0.717) is 18.4 Å². The number of rotatable bonds is 4. The van der Waals surface area contributed by atoms with Crippen molar-refractivity contribution >= 4 is 23.5 Å². The number of carbonyl (C=O) groups is 2. The van der Waals surface area contributed by atoms with Gasteiger partial charge in [0.25, 0.3) is 0 Å². The molecule has 4 nitrogen and oxygen atoms in total. The van der Waals surface area contributed by atoms with Crippen LogP contribution in [0, 0.1) is 17.7 Å². The summed E-state index contributed by atoms with van der Waals surface area (Å²) in [6.07, 6.45) is 1.10. The third kappa shape index (κ3) is 2.93. The maximum absolute atomic E-state index is 13.0. The SMILES string of the molecule is CC(NC(=O)C1CCC1C(=O)O)c1ccc(F)cc1Cl. The molecule has 1 amide bonds. The lowest BCUT2D eigenvalue weighted by atomic mass is 9.73. The number of hydrogen-bond acceptors (Lipinski definition) is 2. The molecule has 1 aromatic rings. The van der Waals surface area contributed by atoms with Crippen molar-refractivity contribution in [1.29, 1.82) is 0 Å². The Kier molecular flexibility index (Phi) is 4.28. The summed E-state index contributed by atoms with van der Waals surface area (Å²) in [4.78, 5) is 22.9. The molecule has 0 aromatic heterocycles. The standard InChI is InChI=1S/C14H15ClFNO3/c1-7(9-3-2-8(16)6-12(9)15)17-13(18)10-4-5-11(10)14(19)20/h2-3,6-7,10-11H,4-5H2,1H3,(H,17,18)(H,19,20). The minimum atomic E-state index is -0.941. The normalized spacial score (nSPS) is 22.8. The lowest BCUT2D eigenvalue weighted by Gasteiger charge is -2.33. The van der Waals surface area contributed by atoms with Gasteiger partial charge in [-0.15, -0.1) is 0 Å². The Morgan fingerprint density at radius 3 is 2.55 bits per heavy atom. The number of benzene rings is 1. The lowest BCUT2D eigenvalue weighted by molar-refractivity contribution is -0.152. The van der Waals surface area contributed by atoms with Crippen LogP contribution >= 0.6 is 11.6 Å². The molecule has 1 saturated carbocycles. The summed E-state index contributed by atoms with van der Waals surface area (Å²) in [5.74, 6) is -2.78. The van der Waals surface area contributed by atoms with Crippen molar-refractivity contribution < 1.29 is 19.1 Å². The number of carboxylic acid groups (broad SMARTS) is 1. The van der Waals surface area contributed by atoms with E-state index in [4.69, 9.17) is 16.7 Å². The summed E-state index contributed by atoms with van der Waals surface area (Å²) < 4.78 is 13.0. The second-order valence-corrected chi connectivity index (χ2v) is 5.43.